The first kappa shape index (κ1) is 21.7. The standard InChI is InChI=1S/C21H26.B2H4O4/c1-3-5-15-21(16-6-4-2)19-13-9-7-11-17(19)18-12-8-10-14-20(18)21;3-1(4)2(5)6/h7-14H,3-6,15-16H2,1-2H3;3-6H. The highest BCUT2D eigenvalue weighted by Crippen LogP contribution is 2.53. The van der Waals surface area contributed by atoms with Gasteiger partial charge in [-0.2, -0.15) is 0 Å². The van der Waals surface area contributed by atoms with E-state index in [1.165, 1.54) is 49.7 Å². The predicted molar refractivity (Wildman–Crippen MR) is 112 cm³/mol. The molecule has 1 aliphatic rings. The average Bonchev–Trinajstić information content (AvgIpc) is 2.96. The summed E-state index contributed by atoms with van der Waals surface area (Å²) < 4.78 is 0. The van der Waals surface area contributed by atoms with Gasteiger partial charge in [-0.3, -0.25) is 0 Å². The number of hydrogen-bond donors (Lipinski definition) is 4. The van der Waals surface area contributed by atoms with Gasteiger partial charge in [0.2, 0.25) is 0 Å². The van der Waals surface area contributed by atoms with Gasteiger partial charge in [0.15, 0.2) is 0 Å². The quantitative estimate of drug-likeness (QED) is 0.565. The fraction of sp³-hybridized carbons (Fsp3) is 0.429. The van der Waals surface area contributed by atoms with Crippen molar-refractivity contribution in [3.8, 4) is 11.1 Å². The molecule has 0 bridgehead atoms. The van der Waals surface area contributed by atoms with Gasteiger partial charge in [-0.1, -0.05) is 88.1 Å². The minimum atomic E-state index is -2.04. The zero-order valence-corrected chi connectivity index (χ0v) is 16.3. The molecular formula is C21H30B2O4. The summed E-state index contributed by atoms with van der Waals surface area (Å²) in [5, 5.41) is 30.7. The van der Waals surface area contributed by atoms with Crippen LogP contribution >= 0.6 is 0 Å². The highest BCUT2D eigenvalue weighted by atomic mass is 16.4. The van der Waals surface area contributed by atoms with E-state index in [0.29, 0.717) is 0 Å². The molecule has 0 aliphatic heterocycles. The fourth-order valence-corrected chi connectivity index (χ4v) is 4.04. The van der Waals surface area contributed by atoms with Crippen LogP contribution in [0.15, 0.2) is 48.5 Å². The number of unbranched alkanes of at least 4 members (excludes halogenated alkanes) is 2. The fourth-order valence-electron chi connectivity index (χ4n) is 4.04. The van der Waals surface area contributed by atoms with E-state index in [0.717, 1.165) is 0 Å². The molecule has 0 spiro atoms. The van der Waals surface area contributed by atoms with Crippen LogP contribution in [0.25, 0.3) is 11.1 Å². The van der Waals surface area contributed by atoms with Crippen molar-refractivity contribution in [1.29, 1.82) is 0 Å². The Balaban J connectivity index is 0.000000380. The van der Waals surface area contributed by atoms with Gasteiger partial charge < -0.3 is 20.1 Å². The minimum Gasteiger partial charge on any atom is -0.429 e. The summed E-state index contributed by atoms with van der Waals surface area (Å²) in [5.74, 6) is 0. The zero-order chi connectivity index (χ0) is 19.9. The molecule has 0 saturated heterocycles. The molecule has 0 heterocycles. The Morgan fingerprint density at radius 1 is 0.667 bits per heavy atom. The third kappa shape index (κ3) is 4.82. The van der Waals surface area contributed by atoms with Crippen molar-refractivity contribution in [2.24, 2.45) is 0 Å². The summed E-state index contributed by atoms with van der Waals surface area (Å²) in [6, 6.07) is 18.2. The van der Waals surface area contributed by atoms with E-state index in [-0.39, 0.29) is 5.41 Å². The van der Waals surface area contributed by atoms with E-state index >= 15 is 0 Å². The largest absolute Gasteiger partial charge is 0.482 e. The lowest BCUT2D eigenvalue weighted by atomic mass is 9.50. The van der Waals surface area contributed by atoms with Gasteiger partial charge in [0, 0.05) is 5.41 Å². The molecule has 6 heteroatoms. The molecule has 3 rings (SSSR count). The lowest BCUT2D eigenvalue weighted by Crippen LogP contribution is -2.35. The van der Waals surface area contributed by atoms with Crippen molar-refractivity contribution in [3.05, 3.63) is 59.7 Å². The first-order valence-corrected chi connectivity index (χ1v) is 9.89. The first-order chi connectivity index (χ1) is 13.0. The van der Waals surface area contributed by atoms with Gasteiger partial charge in [0.05, 0.1) is 0 Å². The molecule has 4 nitrogen and oxygen atoms in total. The summed E-state index contributed by atoms with van der Waals surface area (Å²) >= 11 is 0. The molecule has 144 valence electrons. The van der Waals surface area contributed by atoms with Crippen LogP contribution in [0.2, 0.25) is 0 Å². The summed E-state index contributed by atoms with van der Waals surface area (Å²) in [6.45, 7) is 4.61. The summed E-state index contributed by atoms with van der Waals surface area (Å²) in [4.78, 5) is 0. The Morgan fingerprint density at radius 3 is 1.37 bits per heavy atom. The second-order valence-electron chi connectivity index (χ2n) is 7.21. The van der Waals surface area contributed by atoms with Crippen LogP contribution in [0.1, 0.15) is 63.5 Å². The molecule has 2 aromatic rings. The second kappa shape index (κ2) is 10.1. The smallest absolute Gasteiger partial charge is 0.429 e. The molecule has 0 saturated carbocycles. The number of rotatable bonds is 7. The predicted octanol–water partition coefficient (Wildman–Crippen LogP) is 3.34. The van der Waals surface area contributed by atoms with Gasteiger partial charge in [-0.15, -0.1) is 0 Å². The molecule has 0 amide bonds. The van der Waals surface area contributed by atoms with E-state index in [2.05, 4.69) is 62.4 Å². The minimum absolute atomic E-state index is 0.263. The van der Waals surface area contributed by atoms with Crippen molar-refractivity contribution >= 4 is 14.0 Å². The molecule has 0 atom stereocenters. The van der Waals surface area contributed by atoms with E-state index in [1.807, 2.05) is 0 Å². The van der Waals surface area contributed by atoms with Gasteiger partial charge in [0.1, 0.15) is 0 Å². The average molecular weight is 368 g/mol. The molecule has 0 fully saturated rings. The second-order valence-corrected chi connectivity index (χ2v) is 7.21. The van der Waals surface area contributed by atoms with Crippen LogP contribution in [0.3, 0.4) is 0 Å². The van der Waals surface area contributed by atoms with Crippen LogP contribution < -0.4 is 0 Å². The molecular weight excluding hydrogens is 338 g/mol. The van der Waals surface area contributed by atoms with Crippen LogP contribution in [0, 0.1) is 0 Å². The molecule has 0 unspecified atom stereocenters. The van der Waals surface area contributed by atoms with E-state index in [1.54, 1.807) is 11.1 Å². The monoisotopic (exact) mass is 368 g/mol. The Hall–Kier alpha value is -1.59. The maximum Gasteiger partial charge on any atom is 0.482 e. The third-order valence-electron chi connectivity index (χ3n) is 5.36. The Labute approximate surface area is 163 Å². The number of benzene rings is 2. The van der Waals surface area contributed by atoms with E-state index in [9.17, 15) is 0 Å². The topological polar surface area (TPSA) is 80.9 Å². The molecule has 0 aromatic heterocycles. The summed E-state index contributed by atoms with van der Waals surface area (Å²) in [5.41, 5.74) is 6.36. The SMILES string of the molecule is CCCCC1(CCCC)c2ccccc2-c2ccccc21.OB(O)B(O)O. The van der Waals surface area contributed by atoms with Crippen molar-refractivity contribution in [1.82, 2.24) is 0 Å². The molecule has 0 radical (unpaired) electrons. The maximum absolute atomic E-state index is 7.69. The van der Waals surface area contributed by atoms with Crippen molar-refractivity contribution in [2.45, 2.75) is 57.8 Å². The lowest BCUT2D eigenvalue weighted by Gasteiger charge is -2.32. The van der Waals surface area contributed by atoms with Crippen LogP contribution in [-0.4, -0.2) is 34.1 Å². The van der Waals surface area contributed by atoms with Gasteiger partial charge >= 0.3 is 14.0 Å². The highest BCUT2D eigenvalue weighted by molar-refractivity contribution is 7.07. The van der Waals surface area contributed by atoms with Gasteiger partial charge in [-0.05, 0) is 35.1 Å². The van der Waals surface area contributed by atoms with E-state index < -0.39 is 14.0 Å². The maximum atomic E-state index is 7.69. The summed E-state index contributed by atoms with van der Waals surface area (Å²) in [7, 11) is -4.07. The zero-order valence-electron chi connectivity index (χ0n) is 16.3. The van der Waals surface area contributed by atoms with Crippen molar-refractivity contribution < 1.29 is 20.1 Å². The molecule has 2 aromatic carbocycles. The number of hydrogen-bond acceptors (Lipinski definition) is 4. The Kier molecular flexibility index (Phi) is 8.11. The van der Waals surface area contributed by atoms with Crippen LogP contribution in [0.5, 0.6) is 0 Å². The summed E-state index contributed by atoms with van der Waals surface area (Å²) in [6.07, 6.45) is 7.75. The molecule has 1 aliphatic carbocycles. The highest BCUT2D eigenvalue weighted by Gasteiger charge is 2.41. The normalized spacial score (nSPS) is 13.3. The van der Waals surface area contributed by atoms with Crippen molar-refractivity contribution in [3.63, 3.8) is 0 Å². The first-order valence-electron chi connectivity index (χ1n) is 9.89. The molecule has 27 heavy (non-hydrogen) atoms. The number of fused-ring (bicyclic) bond motifs is 3. The molecule has 4 N–H and O–H groups in total. The van der Waals surface area contributed by atoms with Crippen LogP contribution in [-0.2, 0) is 5.41 Å². The Morgan fingerprint density at radius 2 is 1.04 bits per heavy atom. The lowest BCUT2D eigenvalue weighted by molar-refractivity contribution is 0.368. The van der Waals surface area contributed by atoms with Crippen molar-refractivity contribution in [2.75, 3.05) is 0 Å². The van der Waals surface area contributed by atoms with Crippen LogP contribution in [0.4, 0.5) is 0 Å². The third-order valence-corrected chi connectivity index (χ3v) is 5.36. The Bertz CT molecular complexity index is 657. The van der Waals surface area contributed by atoms with Gasteiger partial charge in [-0.25, -0.2) is 0 Å². The van der Waals surface area contributed by atoms with Gasteiger partial charge in [0.25, 0.3) is 0 Å². The van der Waals surface area contributed by atoms with E-state index in [4.69, 9.17) is 20.1 Å².